The second-order valence-electron chi connectivity index (χ2n) is 5.47. The first-order valence-corrected chi connectivity index (χ1v) is 7.15. The Morgan fingerprint density at radius 3 is 2.84 bits per heavy atom. The molecule has 1 aromatic rings. The lowest BCUT2D eigenvalue weighted by molar-refractivity contribution is 0.0717. The Morgan fingerprint density at radius 1 is 1.32 bits per heavy atom. The van der Waals surface area contributed by atoms with E-state index in [0.29, 0.717) is 17.6 Å². The number of piperidine rings is 1. The lowest BCUT2D eigenvalue weighted by Gasteiger charge is -2.30. The van der Waals surface area contributed by atoms with E-state index < -0.39 is 0 Å². The quantitative estimate of drug-likeness (QED) is 0.884. The number of carbonyl (C=O) groups excluding carboxylic acids is 1. The SMILES string of the molecule is O=C(c1ccnnc1)N(CC1CCCCN1)C1CC1. The van der Waals surface area contributed by atoms with E-state index in [-0.39, 0.29) is 5.91 Å². The molecule has 19 heavy (non-hydrogen) atoms. The van der Waals surface area contributed by atoms with Gasteiger partial charge in [-0.25, -0.2) is 0 Å². The first-order valence-electron chi connectivity index (χ1n) is 7.15. The Hall–Kier alpha value is -1.49. The van der Waals surface area contributed by atoms with Gasteiger partial charge in [0.05, 0.1) is 18.0 Å². The average molecular weight is 260 g/mol. The van der Waals surface area contributed by atoms with Crippen LogP contribution < -0.4 is 5.32 Å². The minimum Gasteiger partial charge on any atom is -0.334 e. The van der Waals surface area contributed by atoms with Crippen LogP contribution in [0.3, 0.4) is 0 Å². The zero-order chi connectivity index (χ0) is 13.1. The van der Waals surface area contributed by atoms with Gasteiger partial charge in [0.2, 0.25) is 0 Å². The number of aromatic nitrogens is 2. The third-order valence-electron chi connectivity index (χ3n) is 3.91. The van der Waals surface area contributed by atoms with Crippen LogP contribution in [0.15, 0.2) is 18.5 Å². The normalized spacial score (nSPS) is 23.1. The third kappa shape index (κ3) is 3.10. The van der Waals surface area contributed by atoms with Crippen LogP contribution in [0.5, 0.6) is 0 Å². The van der Waals surface area contributed by atoms with Crippen molar-refractivity contribution in [1.29, 1.82) is 0 Å². The molecule has 0 spiro atoms. The highest BCUT2D eigenvalue weighted by molar-refractivity contribution is 5.94. The van der Waals surface area contributed by atoms with E-state index in [2.05, 4.69) is 15.5 Å². The summed E-state index contributed by atoms with van der Waals surface area (Å²) in [7, 11) is 0. The largest absolute Gasteiger partial charge is 0.334 e. The second-order valence-corrected chi connectivity index (χ2v) is 5.47. The highest BCUT2D eigenvalue weighted by atomic mass is 16.2. The van der Waals surface area contributed by atoms with Crippen molar-refractivity contribution < 1.29 is 4.79 Å². The van der Waals surface area contributed by atoms with Crippen LogP contribution in [0, 0.1) is 0 Å². The number of carbonyl (C=O) groups is 1. The number of nitrogens with one attached hydrogen (secondary N) is 1. The van der Waals surface area contributed by atoms with Crippen molar-refractivity contribution in [2.75, 3.05) is 13.1 Å². The summed E-state index contributed by atoms with van der Waals surface area (Å²) in [6, 6.07) is 2.64. The maximum absolute atomic E-state index is 12.5. The van der Waals surface area contributed by atoms with Crippen molar-refractivity contribution in [2.24, 2.45) is 0 Å². The Balaban J connectivity index is 1.68. The topological polar surface area (TPSA) is 58.1 Å². The van der Waals surface area contributed by atoms with E-state index in [1.807, 2.05) is 4.90 Å². The maximum Gasteiger partial charge on any atom is 0.255 e. The molecular weight excluding hydrogens is 240 g/mol. The summed E-state index contributed by atoms with van der Waals surface area (Å²) < 4.78 is 0. The standard InChI is InChI=1S/C14H20N4O/c19-14(11-6-8-16-17-9-11)18(13-4-5-13)10-12-3-1-2-7-15-12/h6,8-9,12-13,15H,1-5,7,10H2. The molecule has 1 saturated carbocycles. The molecule has 1 aliphatic carbocycles. The minimum absolute atomic E-state index is 0.102. The molecule has 1 unspecified atom stereocenters. The van der Waals surface area contributed by atoms with E-state index in [9.17, 15) is 4.79 Å². The van der Waals surface area contributed by atoms with Gasteiger partial charge in [0, 0.05) is 18.6 Å². The lowest BCUT2D eigenvalue weighted by atomic mass is 10.0. The van der Waals surface area contributed by atoms with Gasteiger partial charge in [-0.2, -0.15) is 10.2 Å². The van der Waals surface area contributed by atoms with E-state index in [1.54, 1.807) is 18.5 Å². The molecule has 1 atom stereocenters. The summed E-state index contributed by atoms with van der Waals surface area (Å²) in [4.78, 5) is 14.6. The smallest absolute Gasteiger partial charge is 0.255 e. The van der Waals surface area contributed by atoms with Crippen LogP contribution in [0.1, 0.15) is 42.5 Å². The molecule has 1 saturated heterocycles. The highest BCUT2D eigenvalue weighted by Gasteiger charge is 2.34. The van der Waals surface area contributed by atoms with E-state index in [0.717, 1.165) is 25.9 Å². The fourth-order valence-electron chi connectivity index (χ4n) is 2.68. The maximum atomic E-state index is 12.5. The van der Waals surface area contributed by atoms with Crippen LogP contribution in [0.2, 0.25) is 0 Å². The summed E-state index contributed by atoms with van der Waals surface area (Å²) in [5.41, 5.74) is 0.651. The zero-order valence-corrected chi connectivity index (χ0v) is 11.1. The van der Waals surface area contributed by atoms with Gasteiger partial charge in [-0.1, -0.05) is 6.42 Å². The Morgan fingerprint density at radius 2 is 2.21 bits per heavy atom. The predicted octanol–water partition coefficient (Wildman–Crippen LogP) is 1.22. The molecule has 5 heteroatoms. The fourth-order valence-corrected chi connectivity index (χ4v) is 2.68. The molecule has 5 nitrogen and oxygen atoms in total. The lowest BCUT2D eigenvalue weighted by Crippen LogP contribution is -2.46. The molecule has 1 aliphatic heterocycles. The van der Waals surface area contributed by atoms with Gasteiger partial charge in [-0.3, -0.25) is 4.79 Å². The van der Waals surface area contributed by atoms with Gasteiger partial charge in [0.15, 0.2) is 0 Å². The number of amides is 1. The van der Waals surface area contributed by atoms with Gasteiger partial charge in [0.1, 0.15) is 0 Å². The fraction of sp³-hybridized carbons (Fsp3) is 0.643. The molecule has 0 radical (unpaired) electrons. The van der Waals surface area contributed by atoms with Crippen molar-refractivity contribution >= 4 is 5.91 Å². The van der Waals surface area contributed by atoms with Crippen molar-refractivity contribution in [3.8, 4) is 0 Å². The van der Waals surface area contributed by atoms with E-state index >= 15 is 0 Å². The van der Waals surface area contributed by atoms with Gasteiger partial charge >= 0.3 is 0 Å². The molecule has 1 N–H and O–H groups in total. The van der Waals surface area contributed by atoms with Crippen LogP contribution in [-0.4, -0.2) is 46.2 Å². The van der Waals surface area contributed by atoms with Gasteiger partial charge < -0.3 is 10.2 Å². The molecule has 3 rings (SSSR count). The zero-order valence-electron chi connectivity index (χ0n) is 11.1. The monoisotopic (exact) mass is 260 g/mol. The summed E-state index contributed by atoms with van der Waals surface area (Å²) in [5, 5.41) is 11.0. The van der Waals surface area contributed by atoms with E-state index in [1.165, 1.54) is 19.3 Å². The Bertz CT molecular complexity index is 426. The van der Waals surface area contributed by atoms with Gasteiger partial charge in [0.25, 0.3) is 5.91 Å². The van der Waals surface area contributed by atoms with Crippen molar-refractivity contribution in [3.63, 3.8) is 0 Å². The van der Waals surface area contributed by atoms with Gasteiger partial charge in [-0.15, -0.1) is 0 Å². The molecule has 0 bridgehead atoms. The van der Waals surface area contributed by atoms with Gasteiger partial charge in [-0.05, 0) is 38.3 Å². The highest BCUT2D eigenvalue weighted by Crippen LogP contribution is 2.29. The predicted molar refractivity (Wildman–Crippen MR) is 71.7 cm³/mol. The number of nitrogens with zero attached hydrogens (tertiary/aromatic N) is 3. The number of rotatable bonds is 4. The Labute approximate surface area is 113 Å². The summed E-state index contributed by atoms with van der Waals surface area (Å²) in [6.45, 7) is 1.90. The van der Waals surface area contributed by atoms with Crippen molar-refractivity contribution in [3.05, 3.63) is 24.0 Å². The first kappa shape index (κ1) is 12.5. The molecule has 2 aliphatic rings. The number of hydrogen-bond acceptors (Lipinski definition) is 4. The summed E-state index contributed by atoms with van der Waals surface area (Å²) >= 11 is 0. The summed E-state index contributed by atoms with van der Waals surface area (Å²) in [5.74, 6) is 0.102. The molecule has 1 aromatic heterocycles. The van der Waals surface area contributed by atoms with Crippen LogP contribution in [0.4, 0.5) is 0 Å². The molecular formula is C14H20N4O. The second kappa shape index (κ2) is 5.65. The van der Waals surface area contributed by atoms with Crippen molar-refractivity contribution in [1.82, 2.24) is 20.4 Å². The van der Waals surface area contributed by atoms with Crippen molar-refractivity contribution in [2.45, 2.75) is 44.2 Å². The molecule has 1 amide bonds. The molecule has 2 heterocycles. The summed E-state index contributed by atoms with van der Waals surface area (Å²) in [6.07, 6.45) is 9.10. The van der Waals surface area contributed by atoms with E-state index in [4.69, 9.17) is 0 Å². The third-order valence-corrected chi connectivity index (χ3v) is 3.91. The van der Waals surface area contributed by atoms with Crippen LogP contribution in [0.25, 0.3) is 0 Å². The first-order chi connectivity index (χ1) is 9.34. The van der Waals surface area contributed by atoms with Crippen LogP contribution in [-0.2, 0) is 0 Å². The average Bonchev–Trinajstić information content (AvgIpc) is 3.31. The molecule has 102 valence electrons. The molecule has 0 aromatic carbocycles. The minimum atomic E-state index is 0.102. The molecule has 2 fully saturated rings. The number of hydrogen-bond donors (Lipinski definition) is 1. The van der Waals surface area contributed by atoms with Crippen LogP contribution >= 0.6 is 0 Å². The Kier molecular flexibility index (Phi) is 3.73.